The van der Waals surface area contributed by atoms with Gasteiger partial charge < -0.3 is 14.4 Å². The average Bonchev–Trinajstić information content (AvgIpc) is 2.84. The van der Waals surface area contributed by atoms with Crippen molar-refractivity contribution in [3.8, 4) is 0 Å². The summed E-state index contributed by atoms with van der Waals surface area (Å²) in [5.41, 5.74) is 0.158. The molecule has 1 N–H and O–H groups in total. The highest BCUT2D eigenvalue weighted by atomic mass is 19.1. The van der Waals surface area contributed by atoms with Crippen molar-refractivity contribution in [1.82, 2.24) is 9.55 Å². The van der Waals surface area contributed by atoms with Gasteiger partial charge in [-0.2, -0.15) is 0 Å². The number of halogens is 1. The number of aromatic carboxylic acids is 1. The van der Waals surface area contributed by atoms with E-state index in [2.05, 4.69) is 9.72 Å². The fourth-order valence-electron chi connectivity index (χ4n) is 1.76. The lowest BCUT2D eigenvalue weighted by molar-refractivity contribution is 0.0574. The third kappa shape index (κ3) is 2.66. The standard InChI is InChI=1S/C13H11FN2O4/c1-20-13(19)10-11(12(17)18)16(7-15-10)6-8-2-4-9(14)5-3-8/h2-5,7H,6H2,1H3,(H,17,18). The first-order valence-corrected chi connectivity index (χ1v) is 5.64. The van der Waals surface area contributed by atoms with Gasteiger partial charge in [-0.05, 0) is 17.7 Å². The molecule has 0 aliphatic heterocycles. The summed E-state index contributed by atoms with van der Waals surface area (Å²) in [7, 11) is 1.15. The molecule has 1 heterocycles. The third-order valence-corrected chi connectivity index (χ3v) is 2.69. The molecular formula is C13H11FN2O4. The van der Waals surface area contributed by atoms with E-state index in [0.717, 1.165) is 7.11 Å². The average molecular weight is 278 g/mol. The minimum absolute atomic E-state index is 0.159. The van der Waals surface area contributed by atoms with Gasteiger partial charge >= 0.3 is 11.9 Å². The van der Waals surface area contributed by atoms with E-state index in [9.17, 15) is 19.1 Å². The van der Waals surface area contributed by atoms with Gasteiger partial charge in [0.05, 0.1) is 13.4 Å². The number of carboxylic acid groups (broad SMARTS) is 1. The quantitative estimate of drug-likeness (QED) is 0.858. The number of hydrogen-bond acceptors (Lipinski definition) is 4. The first kappa shape index (κ1) is 13.7. The predicted octanol–water partition coefficient (Wildman–Crippen LogP) is 1.56. The normalized spacial score (nSPS) is 10.3. The van der Waals surface area contributed by atoms with Crippen LogP contribution in [0.2, 0.25) is 0 Å². The summed E-state index contributed by atoms with van der Waals surface area (Å²) >= 11 is 0. The summed E-state index contributed by atoms with van der Waals surface area (Å²) < 4.78 is 18.6. The van der Waals surface area contributed by atoms with Crippen LogP contribution in [0, 0.1) is 5.82 Å². The number of carbonyl (C=O) groups is 2. The number of rotatable bonds is 4. The van der Waals surface area contributed by atoms with Gasteiger partial charge in [-0.25, -0.2) is 19.0 Å². The number of hydrogen-bond donors (Lipinski definition) is 1. The molecule has 0 saturated carbocycles. The van der Waals surface area contributed by atoms with Gasteiger partial charge in [0.1, 0.15) is 5.82 Å². The Morgan fingerprint density at radius 2 is 2.00 bits per heavy atom. The fourth-order valence-corrected chi connectivity index (χ4v) is 1.76. The van der Waals surface area contributed by atoms with Crippen LogP contribution in [-0.2, 0) is 11.3 Å². The maximum absolute atomic E-state index is 12.8. The van der Waals surface area contributed by atoms with Crippen molar-refractivity contribution >= 4 is 11.9 Å². The van der Waals surface area contributed by atoms with Crippen molar-refractivity contribution in [3.63, 3.8) is 0 Å². The maximum atomic E-state index is 12.8. The van der Waals surface area contributed by atoms with Gasteiger partial charge in [-0.1, -0.05) is 12.1 Å². The molecule has 0 amide bonds. The molecule has 1 aromatic heterocycles. The molecule has 0 saturated heterocycles. The van der Waals surface area contributed by atoms with Crippen LogP contribution in [0.15, 0.2) is 30.6 Å². The van der Waals surface area contributed by atoms with Crippen molar-refractivity contribution < 1.29 is 23.8 Å². The Morgan fingerprint density at radius 3 is 2.55 bits per heavy atom. The number of imidazole rings is 1. The van der Waals surface area contributed by atoms with Gasteiger partial charge in [0, 0.05) is 6.54 Å². The first-order valence-electron chi connectivity index (χ1n) is 5.64. The smallest absolute Gasteiger partial charge is 0.359 e. The number of carboxylic acids is 1. The topological polar surface area (TPSA) is 81.4 Å². The fraction of sp³-hybridized carbons (Fsp3) is 0.154. The summed E-state index contributed by atoms with van der Waals surface area (Å²) in [6, 6.07) is 5.60. The van der Waals surface area contributed by atoms with Crippen molar-refractivity contribution in [3.05, 3.63) is 53.4 Å². The van der Waals surface area contributed by atoms with E-state index in [1.165, 1.54) is 35.2 Å². The molecule has 0 bridgehead atoms. The molecule has 0 spiro atoms. The monoisotopic (exact) mass is 278 g/mol. The molecule has 2 rings (SSSR count). The van der Waals surface area contributed by atoms with E-state index in [4.69, 9.17) is 0 Å². The van der Waals surface area contributed by atoms with E-state index in [1.54, 1.807) is 0 Å². The van der Waals surface area contributed by atoms with E-state index in [0.29, 0.717) is 5.56 Å². The molecule has 0 atom stereocenters. The maximum Gasteiger partial charge on any atom is 0.359 e. The number of aromatic nitrogens is 2. The zero-order valence-electron chi connectivity index (χ0n) is 10.5. The van der Waals surface area contributed by atoms with E-state index in [-0.39, 0.29) is 23.7 Å². The van der Waals surface area contributed by atoms with Crippen LogP contribution in [-0.4, -0.2) is 33.7 Å². The van der Waals surface area contributed by atoms with Gasteiger partial charge in [0.2, 0.25) is 0 Å². The van der Waals surface area contributed by atoms with Crippen molar-refractivity contribution in [2.45, 2.75) is 6.54 Å². The van der Waals surface area contributed by atoms with E-state index in [1.807, 2.05) is 0 Å². The summed E-state index contributed by atoms with van der Waals surface area (Å²) in [4.78, 5) is 26.4. The lowest BCUT2D eigenvalue weighted by Gasteiger charge is -2.06. The SMILES string of the molecule is COC(=O)c1ncn(Cc2ccc(F)cc2)c1C(=O)O. The minimum Gasteiger partial charge on any atom is -0.476 e. The van der Waals surface area contributed by atoms with E-state index >= 15 is 0 Å². The van der Waals surface area contributed by atoms with Crippen molar-refractivity contribution in [2.24, 2.45) is 0 Å². The highest BCUT2D eigenvalue weighted by molar-refractivity contribution is 5.99. The number of benzene rings is 1. The molecule has 104 valence electrons. The van der Waals surface area contributed by atoms with Crippen LogP contribution in [0.25, 0.3) is 0 Å². The Kier molecular flexibility index (Phi) is 3.79. The molecule has 7 heteroatoms. The Balaban J connectivity index is 2.37. The number of methoxy groups -OCH3 is 1. The Morgan fingerprint density at radius 1 is 1.35 bits per heavy atom. The minimum atomic E-state index is -1.29. The van der Waals surface area contributed by atoms with Gasteiger partial charge in [0.25, 0.3) is 0 Å². The molecule has 0 fully saturated rings. The number of ether oxygens (including phenoxy) is 1. The second-order valence-electron chi connectivity index (χ2n) is 3.99. The largest absolute Gasteiger partial charge is 0.476 e. The molecule has 1 aromatic carbocycles. The van der Waals surface area contributed by atoms with Gasteiger partial charge in [-0.3, -0.25) is 0 Å². The van der Waals surface area contributed by atoms with Gasteiger partial charge in [-0.15, -0.1) is 0 Å². The highest BCUT2D eigenvalue weighted by Crippen LogP contribution is 2.12. The second-order valence-corrected chi connectivity index (χ2v) is 3.99. The van der Waals surface area contributed by atoms with E-state index < -0.39 is 11.9 Å². The van der Waals surface area contributed by atoms with Crippen LogP contribution in [0.5, 0.6) is 0 Å². The Hall–Kier alpha value is -2.70. The van der Waals surface area contributed by atoms with Gasteiger partial charge in [0.15, 0.2) is 11.4 Å². The summed E-state index contributed by atoms with van der Waals surface area (Å²) in [6.07, 6.45) is 1.24. The molecule has 0 aliphatic carbocycles. The zero-order chi connectivity index (χ0) is 14.7. The first-order chi connectivity index (χ1) is 9.52. The molecular weight excluding hydrogens is 267 g/mol. The Bertz CT molecular complexity index is 649. The number of nitrogens with zero attached hydrogens (tertiary/aromatic N) is 2. The Labute approximate surface area is 113 Å². The molecule has 0 unspecified atom stereocenters. The number of esters is 1. The molecule has 0 aliphatic rings. The molecule has 2 aromatic rings. The second kappa shape index (κ2) is 5.52. The van der Waals surface area contributed by atoms with Crippen LogP contribution in [0.4, 0.5) is 4.39 Å². The van der Waals surface area contributed by atoms with Crippen molar-refractivity contribution in [2.75, 3.05) is 7.11 Å². The van der Waals surface area contributed by atoms with Crippen LogP contribution in [0.3, 0.4) is 0 Å². The van der Waals surface area contributed by atoms with Crippen LogP contribution >= 0.6 is 0 Å². The summed E-state index contributed by atoms with van der Waals surface area (Å²) in [5.74, 6) is -2.49. The van der Waals surface area contributed by atoms with Crippen molar-refractivity contribution in [1.29, 1.82) is 0 Å². The molecule has 0 radical (unpaired) electrons. The summed E-state index contributed by atoms with van der Waals surface area (Å²) in [6.45, 7) is 0.159. The van der Waals surface area contributed by atoms with Crippen LogP contribution in [0.1, 0.15) is 26.5 Å². The summed E-state index contributed by atoms with van der Waals surface area (Å²) in [5, 5.41) is 9.17. The highest BCUT2D eigenvalue weighted by Gasteiger charge is 2.24. The lowest BCUT2D eigenvalue weighted by atomic mass is 10.2. The third-order valence-electron chi connectivity index (χ3n) is 2.69. The molecule has 20 heavy (non-hydrogen) atoms. The number of carbonyl (C=O) groups excluding carboxylic acids is 1. The van der Waals surface area contributed by atoms with Crippen LogP contribution < -0.4 is 0 Å². The lowest BCUT2D eigenvalue weighted by Crippen LogP contribution is -2.14. The zero-order valence-corrected chi connectivity index (χ0v) is 10.5. The molecule has 6 nitrogen and oxygen atoms in total. The predicted molar refractivity (Wildman–Crippen MR) is 66.0 cm³/mol.